The molecule has 19 heavy (non-hydrogen) atoms. The van der Waals surface area contributed by atoms with Gasteiger partial charge in [0.2, 0.25) is 6.29 Å². The number of esters is 1. The molecule has 5 atom stereocenters. The second-order valence-corrected chi connectivity index (χ2v) is 7.46. The van der Waals surface area contributed by atoms with E-state index in [1.807, 2.05) is 6.08 Å². The third-order valence-corrected chi connectivity index (χ3v) is 5.98. The van der Waals surface area contributed by atoms with E-state index >= 15 is 0 Å². The zero-order valence-corrected chi connectivity index (χ0v) is 11.2. The van der Waals surface area contributed by atoms with Gasteiger partial charge in [0.1, 0.15) is 6.29 Å². The normalized spacial score (nSPS) is 52.7. The van der Waals surface area contributed by atoms with Crippen molar-refractivity contribution in [3.8, 4) is 0 Å². The molecule has 0 aromatic rings. The van der Waals surface area contributed by atoms with Crippen molar-refractivity contribution in [3.63, 3.8) is 0 Å². The van der Waals surface area contributed by atoms with Crippen LogP contribution in [-0.4, -0.2) is 23.7 Å². The molecule has 0 unspecified atom stereocenters. The molecule has 102 valence electrons. The molecular formula is C15H18O4. The lowest BCUT2D eigenvalue weighted by Gasteiger charge is -2.30. The molecule has 0 bridgehead atoms. The number of aliphatic hydroxyl groups is 1. The van der Waals surface area contributed by atoms with E-state index in [1.165, 1.54) is 0 Å². The van der Waals surface area contributed by atoms with Crippen LogP contribution in [0, 0.1) is 28.1 Å². The monoisotopic (exact) mass is 262 g/mol. The molecule has 4 nitrogen and oxygen atoms in total. The highest BCUT2D eigenvalue weighted by Gasteiger charge is 2.87. The predicted octanol–water partition coefficient (Wildman–Crippen LogP) is 1.43. The molecule has 0 aromatic heterocycles. The van der Waals surface area contributed by atoms with Crippen LogP contribution >= 0.6 is 0 Å². The van der Waals surface area contributed by atoms with Crippen molar-refractivity contribution in [2.24, 2.45) is 28.1 Å². The number of rotatable bonds is 1. The van der Waals surface area contributed by atoms with Gasteiger partial charge < -0.3 is 9.84 Å². The van der Waals surface area contributed by atoms with E-state index in [-0.39, 0.29) is 23.2 Å². The molecular weight excluding hydrogens is 244 g/mol. The largest absolute Gasteiger partial charge is 0.434 e. The third-order valence-electron chi connectivity index (χ3n) is 5.98. The molecule has 0 aromatic carbocycles. The molecule has 3 aliphatic carbocycles. The fourth-order valence-corrected chi connectivity index (χ4v) is 5.23. The molecule has 1 heterocycles. The van der Waals surface area contributed by atoms with Gasteiger partial charge in [0, 0.05) is 5.57 Å². The van der Waals surface area contributed by atoms with Gasteiger partial charge in [-0.05, 0) is 36.5 Å². The molecule has 4 heteroatoms. The minimum atomic E-state index is -1.14. The summed E-state index contributed by atoms with van der Waals surface area (Å²) in [5, 5.41) is 10.1. The molecule has 0 amide bonds. The number of allylic oxidation sites excluding steroid dienone is 1. The maximum Gasteiger partial charge on any atom is 0.315 e. The number of aliphatic hydroxyl groups excluding tert-OH is 1. The molecule has 3 fully saturated rings. The van der Waals surface area contributed by atoms with E-state index < -0.39 is 17.1 Å². The predicted molar refractivity (Wildman–Crippen MR) is 65.7 cm³/mol. The topological polar surface area (TPSA) is 63.6 Å². The van der Waals surface area contributed by atoms with Crippen molar-refractivity contribution < 1.29 is 19.4 Å². The Labute approximate surface area is 111 Å². The lowest BCUT2D eigenvalue weighted by molar-refractivity contribution is -0.165. The van der Waals surface area contributed by atoms with Crippen LogP contribution in [0.2, 0.25) is 0 Å². The minimum absolute atomic E-state index is 0.182. The first-order chi connectivity index (χ1) is 8.87. The van der Waals surface area contributed by atoms with Gasteiger partial charge in [0.25, 0.3) is 0 Å². The number of hydrogen-bond donors (Lipinski definition) is 1. The van der Waals surface area contributed by atoms with Crippen LogP contribution in [0.3, 0.4) is 0 Å². The quantitative estimate of drug-likeness (QED) is 0.573. The van der Waals surface area contributed by atoms with E-state index in [2.05, 4.69) is 13.8 Å². The zero-order chi connectivity index (χ0) is 13.6. The maximum atomic E-state index is 12.3. The lowest BCUT2D eigenvalue weighted by Crippen LogP contribution is -2.35. The smallest absolute Gasteiger partial charge is 0.315 e. The van der Waals surface area contributed by atoms with Crippen LogP contribution < -0.4 is 0 Å². The number of cyclic esters (lactones) is 1. The van der Waals surface area contributed by atoms with Crippen LogP contribution in [0.5, 0.6) is 0 Å². The van der Waals surface area contributed by atoms with Gasteiger partial charge in [-0.2, -0.15) is 0 Å². The first-order valence-corrected chi connectivity index (χ1v) is 6.94. The Bertz CT molecular complexity index is 534. The van der Waals surface area contributed by atoms with Gasteiger partial charge in [-0.25, -0.2) is 0 Å². The summed E-state index contributed by atoms with van der Waals surface area (Å²) >= 11 is 0. The number of hydrogen-bond acceptors (Lipinski definition) is 4. The number of carbonyl (C=O) groups is 2. The summed E-state index contributed by atoms with van der Waals surface area (Å²) in [6, 6.07) is 0. The van der Waals surface area contributed by atoms with Crippen molar-refractivity contribution in [2.45, 2.75) is 39.4 Å². The van der Waals surface area contributed by atoms with Crippen molar-refractivity contribution in [3.05, 3.63) is 11.6 Å². The lowest BCUT2D eigenvalue weighted by atomic mass is 9.69. The van der Waals surface area contributed by atoms with E-state index in [9.17, 15) is 14.7 Å². The SMILES string of the molecule is CC1(C)C[C@H]2C=C(C=O)[C@@]34C[C@]3(C(=O)O[C@@H]4O)[C@@H]2C1. The summed E-state index contributed by atoms with van der Waals surface area (Å²) in [6.45, 7) is 4.41. The first-order valence-electron chi connectivity index (χ1n) is 6.94. The number of fused-ring (bicyclic) bond motifs is 1. The Hall–Kier alpha value is -1.16. The average Bonchev–Trinajstić information content (AvgIpc) is 2.89. The number of aldehydes is 1. The fourth-order valence-electron chi connectivity index (χ4n) is 5.23. The number of carbonyl (C=O) groups excluding carboxylic acids is 2. The molecule has 1 N–H and O–H groups in total. The Morgan fingerprint density at radius 2 is 2.11 bits per heavy atom. The van der Waals surface area contributed by atoms with Gasteiger partial charge in [-0.3, -0.25) is 9.59 Å². The van der Waals surface area contributed by atoms with Crippen LogP contribution in [-0.2, 0) is 14.3 Å². The van der Waals surface area contributed by atoms with Crippen LogP contribution in [0.15, 0.2) is 11.6 Å². The molecule has 1 aliphatic heterocycles. The summed E-state index contributed by atoms with van der Waals surface area (Å²) in [5.74, 6) is 0.194. The molecule has 1 saturated heterocycles. The Balaban J connectivity index is 1.89. The van der Waals surface area contributed by atoms with Crippen molar-refractivity contribution >= 4 is 12.3 Å². The van der Waals surface area contributed by atoms with Gasteiger partial charge in [-0.15, -0.1) is 0 Å². The Morgan fingerprint density at radius 3 is 2.79 bits per heavy atom. The van der Waals surface area contributed by atoms with Crippen molar-refractivity contribution in [2.75, 3.05) is 0 Å². The first kappa shape index (κ1) is 11.6. The molecule has 4 rings (SSSR count). The van der Waals surface area contributed by atoms with Crippen molar-refractivity contribution in [1.82, 2.24) is 0 Å². The summed E-state index contributed by atoms with van der Waals surface area (Å²) < 4.78 is 5.08. The van der Waals surface area contributed by atoms with Gasteiger partial charge in [0.05, 0.1) is 10.8 Å². The van der Waals surface area contributed by atoms with E-state index in [0.717, 1.165) is 19.1 Å². The van der Waals surface area contributed by atoms with Gasteiger partial charge in [-0.1, -0.05) is 19.9 Å². The average molecular weight is 262 g/mol. The Kier molecular flexibility index (Phi) is 1.81. The van der Waals surface area contributed by atoms with E-state index in [4.69, 9.17) is 4.74 Å². The maximum absolute atomic E-state index is 12.3. The third kappa shape index (κ3) is 1.04. The van der Waals surface area contributed by atoms with Gasteiger partial charge in [0.15, 0.2) is 0 Å². The van der Waals surface area contributed by atoms with Crippen LogP contribution in [0.4, 0.5) is 0 Å². The summed E-state index contributed by atoms with van der Waals surface area (Å²) in [5.41, 5.74) is -0.575. The molecule has 4 aliphatic rings. The highest BCUT2D eigenvalue weighted by molar-refractivity contribution is 5.93. The highest BCUT2D eigenvalue weighted by Crippen LogP contribution is 2.82. The van der Waals surface area contributed by atoms with Gasteiger partial charge >= 0.3 is 5.97 Å². The van der Waals surface area contributed by atoms with Crippen LogP contribution in [0.25, 0.3) is 0 Å². The second kappa shape index (κ2) is 2.95. The molecule has 2 saturated carbocycles. The minimum Gasteiger partial charge on any atom is -0.434 e. The fraction of sp³-hybridized carbons (Fsp3) is 0.733. The number of ether oxygens (including phenoxy) is 1. The standard InChI is InChI=1S/C15H18O4/c1-13(2)4-8-3-9(6-16)14-7-15(14,10(8)5-13)12(18)19-11(14)17/h3,6,8,10-11,17H,4-5,7H2,1-2H3/t8-,10-,11+,14-,15-/m1/s1. The van der Waals surface area contributed by atoms with E-state index in [0.29, 0.717) is 12.0 Å². The zero-order valence-electron chi connectivity index (χ0n) is 11.2. The summed E-state index contributed by atoms with van der Waals surface area (Å²) in [4.78, 5) is 23.7. The summed E-state index contributed by atoms with van der Waals surface area (Å²) in [7, 11) is 0. The highest BCUT2D eigenvalue weighted by atomic mass is 16.6. The molecule has 0 radical (unpaired) electrons. The van der Waals surface area contributed by atoms with Crippen LogP contribution in [0.1, 0.15) is 33.1 Å². The Morgan fingerprint density at radius 1 is 1.37 bits per heavy atom. The summed E-state index contributed by atoms with van der Waals surface area (Å²) in [6.07, 6.45) is 4.22. The second-order valence-electron chi connectivity index (χ2n) is 7.46. The van der Waals surface area contributed by atoms with E-state index in [1.54, 1.807) is 0 Å². The molecule has 0 spiro atoms. The van der Waals surface area contributed by atoms with Crippen molar-refractivity contribution in [1.29, 1.82) is 0 Å².